The molecule has 0 amide bonds. The average molecular weight is 364 g/mol. The predicted molar refractivity (Wildman–Crippen MR) is 102 cm³/mol. The number of ketones is 1. The monoisotopic (exact) mass is 364 g/mol. The number of rotatable bonds is 12. The topological polar surface area (TPSA) is 76.0 Å². The van der Waals surface area contributed by atoms with Gasteiger partial charge in [0.2, 0.25) is 0 Å². The summed E-state index contributed by atoms with van der Waals surface area (Å²) in [6.07, 6.45) is 1.52. The first-order valence-corrected chi connectivity index (χ1v) is 9.02. The fourth-order valence-corrected chi connectivity index (χ4v) is 2.42. The molecule has 0 aliphatic carbocycles. The van der Waals surface area contributed by atoms with Gasteiger partial charge in [-0.3, -0.25) is 4.79 Å². The molecule has 2 N–H and O–H groups in total. The molecule has 146 valence electrons. The van der Waals surface area contributed by atoms with Crippen molar-refractivity contribution < 1.29 is 24.5 Å². The Morgan fingerprint density at radius 3 is 2.46 bits per heavy atom. The highest BCUT2D eigenvalue weighted by Gasteiger charge is 2.30. The Bertz CT molecular complexity index is 553. The lowest BCUT2D eigenvalue weighted by Crippen LogP contribution is -2.39. The molecule has 0 bridgehead atoms. The molecule has 3 atom stereocenters. The average Bonchev–Trinajstić information content (AvgIpc) is 2.63. The van der Waals surface area contributed by atoms with Crippen LogP contribution in [0.25, 0.3) is 0 Å². The number of hydrogen-bond donors (Lipinski definition) is 2. The Morgan fingerprint density at radius 2 is 1.88 bits per heavy atom. The molecule has 5 nitrogen and oxygen atoms in total. The van der Waals surface area contributed by atoms with Crippen molar-refractivity contribution in [2.24, 2.45) is 5.41 Å². The summed E-state index contributed by atoms with van der Waals surface area (Å²) in [5, 5.41) is 20.9. The Labute approximate surface area is 156 Å². The van der Waals surface area contributed by atoms with Crippen LogP contribution in [-0.2, 0) is 20.9 Å². The van der Waals surface area contributed by atoms with E-state index in [-0.39, 0.29) is 18.8 Å². The highest BCUT2D eigenvalue weighted by Crippen LogP contribution is 2.27. The molecule has 5 heteroatoms. The van der Waals surface area contributed by atoms with Gasteiger partial charge in [-0.2, -0.15) is 0 Å². The van der Waals surface area contributed by atoms with E-state index in [2.05, 4.69) is 0 Å². The number of hydrogen-bond acceptors (Lipinski definition) is 5. The fraction of sp³-hybridized carbons (Fsp3) is 0.571. The van der Waals surface area contributed by atoms with Gasteiger partial charge in [0.1, 0.15) is 6.10 Å². The molecule has 1 aromatic carbocycles. The Kier molecular flexibility index (Phi) is 9.73. The zero-order chi connectivity index (χ0) is 19.6. The van der Waals surface area contributed by atoms with Crippen molar-refractivity contribution in [1.29, 1.82) is 0 Å². The molecule has 26 heavy (non-hydrogen) atoms. The van der Waals surface area contributed by atoms with Gasteiger partial charge in [-0.25, -0.2) is 0 Å². The van der Waals surface area contributed by atoms with E-state index in [0.29, 0.717) is 13.0 Å². The van der Waals surface area contributed by atoms with Crippen LogP contribution in [0, 0.1) is 5.41 Å². The van der Waals surface area contributed by atoms with Crippen LogP contribution in [0.3, 0.4) is 0 Å². The third-order valence-electron chi connectivity index (χ3n) is 4.50. The number of aliphatic hydroxyl groups excluding tert-OH is 2. The van der Waals surface area contributed by atoms with E-state index in [1.54, 1.807) is 13.0 Å². The van der Waals surface area contributed by atoms with E-state index in [4.69, 9.17) is 9.47 Å². The number of allylic oxidation sites excluding steroid dienone is 1. The Balaban J connectivity index is 2.52. The van der Waals surface area contributed by atoms with Gasteiger partial charge in [-0.05, 0) is 11.6 Å². The number of aliphatic hydroxyl groups is 2. The highest BCUT2D eigenvalue weighted by atomic mass is 16.5. The molecule has 0 radical (unpaired) electrons. The summed E-state index contributed by atoms with van der Waals surface area (Å²) in [7, 11) is 1.51. The van der Waals surface area contributed by atoms with Crippen molar-refractivity contribution in [2.75, 3.05) is 13.7 Å². The number of benzene rings is 1. The maximum Gasteiger partial charge on any atom is 0.155 e. The number of carbonyl (C=O) groups is 1. The van der Waals surface area contributed by atoms with Crippen LogP contribution >= 0.6 is 0 Å². The van der Waals surface area contributed by atoms with Gasteiger partial charge in [-0.15, -0.1) is 0 Å². The van der Waals surface area contributed by atoms with Gasteiger partial charge >= 0.3 is 0 Å². The van der Waals surface area contributed by atoms with E-state index in [9.17, 15) is 15.0 Å². The lowest BCUT2D eigenvalue weighted by atomic mass is 9.82. The second kappa shape index (κ2) is 11.2. The first kappa shape index (κ1) is 22.5. The van der Waals surface area contributed by atoms with Crippen LogP contribution in [-0.4, -0.2) is 48.0 Å². The first-order valence-electron chi connectivity index (χ1n) is 9.02. The smallest absolute Gasteiger partial charge is 0.155 e. The molecule has 0 spiro atoms. The molecule has 0 unspecified atom stereocenters. The van der Waals surface area contributed by atoms with Gasteiger partial charge in [0, 0.05) is 25.4 Å². The first-order chi connectivity index (χ1) is 12.3. The van der Waals surface area contributed by atoms with Crippen LogP contribution in [0.4, 0.5) is 0 Å². The van der Waals surface area contributed by atoms with Crippen molar-refractivity contribution in [3.8, 4) is 0 Å². The summed E-state index contributed by atoms with van der Waals surface area (Å²) < 4.78 is 11.0. The standard InChI is InChI=1S/C21H32O5/c1-5-17(22)11-12-21(2,3)20(24)13-18(23)19(25-4)15-26-14-16-9-7-6-8-10-16/h6-12,18-20,23-24H,5,13-15H2,1-4H3/b12-11+/t18-,19+,20+/m0/s1. The Hall–Kier alpha value is -1.53. The molecule has 0 saturated carbocycles. The quantitative estimate of drug-likeness (QED) is 0.558. The van der Waals surface area contributed by atoms with E-state index >= 15 is 0 Å². The fourth-order valence-electron chi connectivity index (χ4n) is 2.42. The Morgan fingerprint density at radius 1 is 1.23 bits per heavy atom. The predicted octanol–water partition coefficient (Wildman–Crippen LogP) is 2.89. The van der Waals surface area contributed by atoms with Crippen LogP contribution in [0.2, 0.25) is 0 Å². The van der Waals surface area contributed by atoms with E-state index in [1.165, 1.54) is 13.2 Å². The summed E-state index contributed by atoms with van der Waals surface area (Å²) in [6, 6.07) is 9.76. The summed E-state index contributed by atoms with van der Waals surface area (Å²) in [5.74, 6) is 0.00917. The largest absolute Gasteiger partial charge is 0.392 e. The minimum atomic E-state index is -0.875. The minimum Gasteiger partial charge on any atom is -0.392 e. The van der Waals surface area contributed by atoms with Crippen molar-refractivity contribution in [3.05, 3.63) is 48.0 Å². The second-order valence-electron chi connectivity index (χ2n) is 7.07. The van der Waals surface area contributed by atoms with Crippen molar-refractivity contribution >= 4 is 5.78 Å². The van der Waals surface area contributed by atoms with Gasteiger partial charge in [0.15, 0.2) is 5.78 Å². The third kappa shape index (κ3) is 7.79. The van der Waals surface area contributed by atoms with Crippen LogP contribution < -0.4 is 0 Å². The lowest BCUT2D eigenvalue weighted by Gasteiger charge is -2.31. The van der Waals surface area contributed by atoms with Crippen LogP contribution in [0.1, 0.15) is 39.2 Å². The minimum absolute atomic E-state index is 0.00917. The zero-order valence-corrected chi connectivity index (χ0v) is 16.2. The van der Waals surface area contributed by atoms with Crippen molar-refractivity contribution in [2.45, 2.75) is 58.5 Å². The van der Waals surface area contributed by atoms with Crippen LogP contribution in [0.15, 0.2) is 42.5 Å². The molecule has 0 aliphatic rings. The van der Waals surface area contributed by atoms with Gasteiger partial charge in [-0.1, -0.05) is 57.2 Å². The van der Waals surface area contributed by atoms with Crippen molar-refractivity contribution in [1.82, 2.24) is 0 Å². The lowest BCUT2D eigenvalue weighted by molar-refractivity contribution is -0.114. The number of methoxy groups -OCH3 is 1. The molecule has 1 aromatic rings. The van der Waals surface area contributed by atoms with Gasteiger partial charge < -0.3 is 19.7 Å². The summed E-state index contributed by atoms with van der Waals surface area (Å²) in [4.78, 5) is 11.4. The third-order valence-corrected chi connectivity index (χ3v) is 4.50. The van der Waals surface area contributed by atoms with E-state index < -0.39 is 23.7 Å². The molecule has 0 aliphatic heterocycles. The zero-order valence-electron chi connectivity index (χ0n) is 16.2. The summed E-state index contributed by atoms with van der Waals surface area (Å²) in [5.41, 5.74) is 0.415. The molecular weight excluding hydrogens is 332 g/mol. The number of carbonyl (C=O) groups excluding carboxylic acids is 1. The van der Waals surface area contributed by atoms with Gasteiger partial charge in [0.05, 0.1) is 25.4 Å². The maximum absolute atomic E-state index is 11.4. The highest BCUT2D eigenvalue weighted by molar-refractivity contribution is 5.89. The summed E-state index contributed by atoms with van der Waals surface area (Å²) >= 11 is 0. The molecule has 1 rings (SSSR count). The molecule has 0 saturated heterocycles. The second-order valence-corrected chi connectivity index (χ2v) is 7.07. The number of ether oxygens (including phenoxy) is 2. The molecule has 0 heterocycles. The van der Waals surface area contributed by atoms with E-state index in [0.717, 1.165) is 5.56 Å². The molecular formula is C21H32O5. The summed E-state index contributed by atoms with van der Waals surface area (Å²) in [6.45, 7) is 6.11. The van der Waals surface area contributed by atoms with Gasteiger partial charge in [0.25, 0.3) is 0 Å². The van der Waals surface area contributed by atoms with E-state index in [1.807, 2.05) is 44.2 Å². The SMILES string of the molecule is CCC(=O)/C=C/C(C)(C)[C@H](O)C[C@H](O)[C@@H](COCc1ccccc1)OC. The van der Waals surface area contributed by atoms with Crippen LogP contribution in [0.5, 0.6) is 0 Å². The normalized spacial score (nSPS) is 15.8. The maximum atomic E-state index is 11.4. The molecule has 0 fully saturated rings. The molecule has 0 aromatic heterocycles. The van der Waals surface area contributed by atoms with Crippen molar-refractivity contribution in [3.63, 3.8) is 0 Å².